The number of ether oxygens (including phenoxy) is 2. The summed E-state index contributed by atoms with van der Waals surface area (Å²) in [5.74, 6) is -0.430. The minimum Gasteiger partial charge on any atom is -0.356 e. The Hall–Kier alpha value is -1.13. The Bertz CT molecular complexity index is 876. The number of fused-ring (bicyclic) bond motifs is 2. The first-order valence-electron chi connectivity index (χ1n) is 7.57. The Morgan fingerprint density at radius 3 is 2.88 bits per heavy atom. The summed E-state index contributed by atoms with van der Waals surface area (Å²) in [6, 6.07) is 0. The number of hydrogen-bond acceptors (Lipinski definition) is 7. The second-order valence-corrected chi connectivity index (χ2v) is 8.19. The maximum absolute atomic E-state index is 13.0. The number of likely N-dealkylation sites (N-methyl/N-ethyl adjacent to an activating group) is 1. The molecule has 8 nitrogen and oxygen atoms in total. The van der Waals surface area contributed by atoms with Crippen molar-refractivity contribution in [1.82, 2.24) is 24.8 Å². The van der Waals surface area contributed by atoms with E-state index in [0.717, 1.165) is 0 Å². The third-order valence-electron chi connectivity index (χ3n) is 4.27. The molecule has 1 amide bonds. The van der Waals surface area contributed by atoms with Crippen LogP contribution >= 0.6 is 35.0 Å². The van der Waals surface area contributed by atoms with Crippen molar-refractivity contribution in [1.29, 1.82) is 0 Å². The summed E-state index contributed by atoms with van der Waals surface area (Å²) in [4.78, 5) is 24.2. The van der Waals surface area contributed by atoms with Gasteiger partial charge in [-0.05, 0) is 25.4 Å². The molecule has 0 radical (unpaired) electrons. The first kappa shape index (κ1) is 17.3. The molecule has 2 aliphatic heterocycles. The van der Waals surface area contributed by atoms with Gasteiger partial charge in [0.25, 0.3) is 5.91 Å². The molecule has 0 aromatic carbocycles. The number of nitrogens with one attached hydrogen (secondary N) is 1. The number of aromatic nitrogens is 4. The van der Waals surface area contributed by atoms with Crippen LogP contribution in [0, 0.1) is 0 Å². The van der Waals surface area contributed by atoms with E-state index in [4.69, 9.17) is 32.7 Å². The average Bonchev–Trinajstić information content (AvgIpc) is 3.17. The zero-order valence-electron chi connectivity index (χ0n) is 13.6. The van der Waals surface area contributed by atoms with Crippen LogP contribution in [0.1, 0.15) is 13.8 Å². The summed E-state index contributed by atoms with van der Waals surface area (Å²) < 4.78 is 13.7. The number of rotatable bonds is 2. The minimum absolute atomic E-state index is 0.0187. The van der Waals surface area contributed by atoms with E-state index < -0.39 is 16.8 Å². The Morgan fingerprint density at radius 1 is 1.40 bits per heavy atom. The standard InChI is InChI=1S/C14H15Cl2N5O3S/c1-13(2)23-6-4-25-14(8(6)24-13,11(22)17-3)21-5-18-7-9(15)19-12(16)20-10(7)21/h5-6,8H,4H2,1-3H3,(H,17,22)/t6-,8-,14+/m0/s1. The van der Waals surface area contributed by atoms with Crippen molar-refractivity contribution in [3.63, 3.8) is 0 Å². The molecule has 3 atom stereocenters. The molecular weight excluding hydrogens is 389 g/mol. The van der Waals surface area contributed by atoms with E-state index in [1.807, 2.05) is 13.8 Å². The van der Waals surface area contributed by atoms with Gasteiger partial charge in [0.05, 0.1) is 6.33 Å². The van der Waals surface area contributed by atoms with Gasteiger partial charge in [-0.15, -0.1) is 11.8 Å². The Kier molecular flexibility index (Phi) is 3.93. The first-order valence-corrected chi connectivity index (χ1v) is 9.31. The quantitative estimate of drug-likeness (QED) is 0.603. The fourth-order valence-corrected chi connectivity index (χ4v) is 5.31. The third-order valence-corrected chi connectivity index (χ3v) is 6.26. The maximum atomic E-state index is 13.0. The van der Waals surface area contributed by atoms with Crippen LogP contribution in [-0.2, 0) is 19.1 Å². The van der Waals surface area contributed by atoms with Crippen molar-refractivity contribution in [2.24, 2.45) is 0 Å². The zero-order valence-corrected chi connectivity index (χ0v) is 15.9. The molecular formula is C14H15Cl2N5O3S. The van der Waals surface area contributed by atoms with Gasteiger partial charge in [0.2, 0.25) is 10.2 Å². The van der Waals surface area contributed by atoms with E-state index in [1.54, 1.807) is 11.6 Å². The highest BCUT2D eigenvalue weighted by Gasteiger charge is 2.63. The number of imidazole rings is 1. The number of carbonyl (C=O) groups excluding carboxylic acids is 1. The molecule has 0 saturated carbocycles. The van der Waals surface area contributed by atoms with Gasteiger partial charge in [0.1, 0.15) is 17.7 Å². The summed E-state index contributed by atoms with van der Waals surface area (Å²) >= 11 is 13.5. The van der Waals surface area contributed by atoms with E-state index in [1.165, 1.54) is 18.1 Å². The third kappa shape index (κ3) is 2.44. The van der Waals surface area contributed by atoms with Crippen molar-refractivity contribution in [3.8, 4) is 0 Å². The topological polar surface area (TPSA) is 91.2 Å². The Labute approximate surface area is 157 Å². The average molecular weight is 404 g/mol. The molecule has 0 aliphatic carbocycles. The molecule has 2 aromatic rings. The summed E-state index contributed by atoms with van der Waals surface area (Å²) in [7, 11) is 1.58. The van der Waals surface area contributed by atoms with Crippen LogP contribution in [0.25, 0.3) is 11.2 Å². The van der Waals surface area contributed by atoms with E-state index >= 15 is 0 Å². The lowest BCUT2D eigenvalue weighted by atomic mass is 10.1. The van der Waals surface area contributed by atoms with Crippen molar-refractivity contribution >= 4 is 52.0 Å². The molecule has 4 rings (SSSR count). The fourth-order valence-electron chi connectivity index (χ4n) is 3.35. The maximum Gasteiger partial charge on any atom is 0.259 e. The molecule has 134 valence electrons. The van der Waals surface area contributed by atoms with Gasteiger partial charge in [-0.1, -0.05) is 11.6 Å². The van der Waals surface area contributed by atoms with Crippen LogP contribution in [-0.4, -0.2) is 56.2 Å². The molecule has 2 aromatic heterocycles. The molecule has 2 saturated heterocycles. The number of halogens is 2. The summed E-state index contributed by atoms with van der Waals surface area (Å²) in [5.41, 5.74) is 0.742. The number of nitrogens with zero attached hydrogens (tertiary/aromatic N) is 4. The van der Waals surface area contributed by atoms with Gasteiger partial charge >= 0.3 is 0 Å². The predicted octanol–water partition coefficient (Wildman–Crippen LogP) is 1.80. The summed E-state index contributed by atoms with van der Waals surface area (Å²) in [6.45, 7) is 3.65. The molecule has 25 heavy (non-hydrogen) atoms. The molecule has 0 unspecified atom stereocenters. The lowest BCUT2D eigenvalue weighted by molar-refractivity contribution is -0.155. The molecule has 0 bridgehead atoms. The lowest BCUT2D eigenvalue weighted by Crippen LogP contribution is -2.53. The molecule has 0 spiro atoms. The van der Waals surface area contributed by atoms with Gasteiger partial charge in [-0.3, -0.25) is 9.36 Å². The smallest absolute Gasteiger partial charge is 0.259 e. The van der Waals surface area contributed by atoms with Gasteiger partial charge in [0, 0.05) is 12.8 Å². The Morgan fingerprint density at radius 2 is 2.16 bits per heavy atom. The number of amides is 1. The van der Waals surface area contributed by atoms with Gasteiger partial charge < -0.3 is 14.8 Å². The molecule has 11 heteroatoms. The molecule has 2 aliphatic rings. The fraction of sp³-hybridized carbons (Fsp3) is 0.571. The molecule has 4 heterocycles. The van der Waals surface area contributed by atoms with Gasteiger partial charge in [0.15, 0.2) is 16.6 Å². The predicted molar refractivity (Wildman–Crippen MR) is 93.7 cm³/mol. The lowest BCUT2D eigenvalue weighted by Gasteiger charge is -2.33. The van der Waals surface area contributed by atoms with Gasteiger partial charge in [-0.2, -0.15) is 4.98 Å². The molecule has 1 N–H and O–H groups in total. The van der Waals surface area contributed by atoms with E-state index in [0.29, 0.717) is 16.9 Å². The Balaban J connectivity index is 1.94. The highest BCUT2D eigenvalue weighted by atomic mass is 35.5. The number of thioether (sulfide) groups is 1. The van der Waals surface area contributed by atoms with E-state index in [2.05, 4.69) is 20.3 Å². The largest absolute Gasteiger partial charge is 0.356 e. The van der Waals surface area contributed by atoms with Crippen molar-refractivity contribution in [3.05, 3.63) is 16.8 Å². The highest BCUT2D eigenvalue weighted by molar-refractivity contribution is 8.01. The van der Waals surface area contributed by atoms with E-state index in [9.17, 15) is 4.79 Å². The van der Waals surface area contributed by atoms with Crippen LogP contribution in [0.4, 0.5) is 0 Å². The monoisotopic (exact) mass is 403 g/mol. The highest BCUT2D eigenvalue weighted by Crippen LogP contribution is 2.52. The second kappa shape index (κ2) is 5.68. The van der Waals surface area contributed by atoms with E-state index in [-0.39, 0.29) is 22.4 Å². The summed E-state index contributed by atoms with van der Waals surface area (Å²) in [5, 5.41) is 2.83. The number of hydrogen-bond donors (Lipinski definition) is 1. The van der Waals surface area contributed by atoms with Crippen molar-refractivity contribution in [2.75, 3.05) is 12.8 Å². The van der Waals surface area contributed by atoms with Crippen LogP contribution in [0.3, 0.4) is 0 Å². The number of carbonyl (C=O) groups is 1. The van der Waals surface area contributed by atoms with Gasteiger partial charge in [-0.25, -0.2) is 9.97 Å². The minimum atomic E-state index is -1.14. The first-order chi connectivity index (χ1) is 11.8. The normalized spacial score (nSPS) is 30.6. The SMILES string of the molecule is CNC(=O)[C@]1(n2cnc3c(Cl)nc(Cl)nc32)SC[C@@H]2OC(C)(C)O[C@@H]21. The van der Waals surface area contributed by atoms with Crippen LogP contribution in [0.2, 0.25) is 10.4 Å². The molecule has 2 fully saturated rings. The zero-order chi connectivity index (χ0) is 18.0. The van der Waals surface area contributed by atoms with Crippen molar-refractivity contribution in [2.45, 2.75) is 36.7 Å². The van der Waals surface area contributed by atoms with Crippen LogP contribution < -0.4 is 5.32 Å². The van der Waals surface area contributed by atoms with Crippen LogP contribution in [0.15, 0.2) is 6.33 Å². The second-order valence-electron chi connectivity index (χ2n) is 6.25. The van der Waals surface area contributed by atoms with Crippen molar-refractivity contribution < 1.29 is 14.3 Å². The van der Waals surface area contributed by atoms with Crippen LogP contribution in [0.5, 0.6) is 0 Å². The summed E-state index contributed by atoms with van der Waals surface area (Å²) in [6.07, 6.45) is 0.765.